The molecule has 1 aliphatic rings. The van der Waals surface area contributed by atoms with Gasteiger partial charge in [-0.15, -0.1) is 0 Å². The predicted octanol–water partition coefficient (Wildman–Crippen LogP) is -0.610. The second kappa shape index (κ2) is 1.48. The average Bonchev–Trinajstić information content (AvgIpc) is 1.84. The maximum Gasteiger partial charge on any atom is 0.253 e. The van der Waals surface area contributed by atoms with Crippen molar-refractivity contribution in [3.05, 3.63) is 11.5 Å². The lowest BCUT2D eigenvalue weighted by Crippen LogP contribution is -2.34. The molecule has 1 heterocycles. The van der Waals surface area contributed by atoms with E-state index >= 15 is 0 Å². The minimum atomic E-state index is -1.77. The first-order chi connectivity index (χ1) is 3.21. The van der Waals surface area contributed by atoms with Crippen molar-refractivity contribution >= 4 is 11.9 Å². The first kappa shape index (κ1) is 5.11. The molecule has 0 aliphatic carbocycles. The summed E-state index contributed by atoms with van der Waals surface area (Å²) in [6.45, 7) is 0. The zero-order valence-electron chi connectivity index (χ0n) is 3.46. The molecule has 4 heteroatoms. The highest BCUT2D eigenvalue weighted by Crippen LogP contribution is 2.13. The molecule has 0 aromatic heterocycles. The van der Waals surface area contributed by atoms with Crippen molar-refractivity contribution in [3.8, 4) is 0 Å². The molecule has 0 aromatic rings. The lowest BCUT2D eigenvalue weighted by molar-refractivity contribution is -0.122. The van der Waals surface area contributed by atoms with Gasteiger partial charge in [0.25, 0.3) is 5.91 Å². The molecule has 0 aromatic carbocycles. The minimum absolute atomic E-state index is 1.15. The molecule has 0 atom stereocenters. The van der Waals surface area contributed by atoms with Crippen LogP contribution in [0.25, 0.3) is 0 Å². The van der Waals surface area contributed by atoms with Crippen molar-refractivity contribution in [1.82, 2.24) is 4.72 Å². The Bertz CT molecular complexity index is 101. The fourth-order valence-electron chi connectivity index (χ4n) is 0.284. The molecule has 0 spiro atoms. The molecule has 1 aliphatic heterocycles. The van der Waals surface area contributed by atoms with Gasteiger partial charge >= 0.3 is 0 Å². The van der Waals surface area contributed by atoms with Crippen molar-refractivity contribution in [1.29, 1.82) is 0 Å². The number of hydrogen-bond acceptors (Lipinski definition) is 4. The Morgan fingerprint density at radius 2 is 2.29 bits per heavy atom. The van der Waals surface area contributed by atoms with Crippen LogP contribution in [0.15, 0.2) is 11.5 Å². The third-order valence-corrected chi connectivity index (χ3v) is 1.27. The zero-order chi connectivity index (χ0) is 5.33. The molecular weight excluding hydrogens is 114 g/mol. The normalized spacial score (nSPS) is 26.0. The van der Waals surface area contributed by atoms with E-state index in [1.165, 1.54) is 6.08 Å². The van der Waals surface area contributed by atoms with E-state index in [0.717, 1.165) is 11.9 Å². The van der Waals surface area contributed by atoms with Crippen LogP contribution in [0.4, 0.5) is 0 Å². The van der Waals surface area contributed by atoms with E-state index in [-0.39, 0.29) is 0 Å². The van der Waals surface area contributed by atoms with Gasteiger partial charge in [0, 0.05) is 0 Å². The minimum Gasteiger partial charge on any atom is -0.349 e. The van der Waals surface area contributed by atoms with Crippen LogP contribution in [-0.4, -0.2) is 16.1 Å². The van der Waals surface area contributed by atoms with E-state index in [9.17, 15) is 0 Å². The van der Waals surface area contributed by atoms with Crippen LogP contribution in [0.1, 0.15) is 0 Å². The molecule has 0 unspecified atom stereocenters. The predicted molar refractivity (Wildman–Crippen MR) is 27.0 cm³/mol. The van der Waals surface area contributed by atoms with E-state index in [1.54, 1.807) is 5.41 Å². The second-order valence-electron chi connectivity index (χ2n) is 1.25. The molecule has 0 radical (unpaired) electrons. The Balaban J connectivity index is 2.57. The van der Waals surface area contributed by atoms with Gasteiger partial charge < -0.3 is 10.2 Å². The van der Waals surface area contributed by atoms with Crippen LogP contribution >= 0.6 is 11.9 Å². The standard InChI is InChI=1S/C3H5NO2S/c5-3(6)1-2-7-4-3/h1-2,4-6H. The summed E-state index contributed by atoms with van der Waals surface area (Å²) in [5.41, 5.74) is 0. The quantitative estimate of drug-likeness (QED) is 0.294. The topological polar surface area (TPSA) is 52.5 Å². The van der Waals surface area contributed by atoms with Crippen LogP contribution in [-0.2, 0) is 0 Å². The molecule has 1 rings (SSSR count). The molecule has 0 saturated heterocycles. The Labute approximate surface area is 45.2 Å². The highest BCUT2D eigenvalue weighted by atomic mass is 32.2. The monoisotopic (exact) mass is 119 g/mol. The summed E-state index contributed by atoms with van der Waals surface area (Å²) in [4.78, 5) is 0. The Hall–Kier alpha value is -0.0300. The zero-order valence-corrected chi connectivity index (χ0v) is 4.27. The molecule has 0 saturated carbocycles. The van der Waals surface area contributed by atoms with Gasteiger partial charge in [-0.25, -0.2) is 4.72 Å². The van der Waals surface area contributed by atoms with Gasteiger partial charge in [0.05, 0.1) is 0 Å². The van der Waals surface area contributed by atoms with Crippen molar-refractivity contribution in [2.24, 2.45) is 0 Å². The van der Waals surface area contributed by atoms with Gasteiger partial charge in [-0.05, 0) is 23.4 Å². The largest absolute Gasteiger partial charge is 0.349 e. The third kappa shape index (κ3) is 1.17. The maximum absolute atomic E-state index is 8.53. The molecule has 7 heavy (non-hydrogen) atoms. The van der Waals surface area contributed by atoms with Crippen LogP contribution in [0.2, 0.25) is 0 Å². The Kier molecular flexibility index (Phi) is 1.08. The molecule has 3 N–H and O–H groups in total. The highest BCUT2D eigenvalue weighted by molar-refractivity contribution is 8.00. The summed E-state index contributed by atoms with van der Waals surface area (Å²) in [5, 5.41) is 18.6. The third-order valence-electron chi connectivity index (χ3n) is 0.578. The van der Waals surface area contributed by atoms with E-state index in [0.29, 0.717) is 0 Å². The summed E-state index contributed by atoms with van der Waals surface area (Å²) in [7, 11) is 0. The fraction of sp³-hybridized carbons (Fsp3) is 0.333. The number of rotatable bonds is 0. The van der Waals surface area contributed by atoms with E-state index in [1.807, 2.05) is 0 Å². The summed E-state index contributed by atoms with van der Waals surface area (Å²) >= 11 is 1.15. The average molecular weight is 119 g/mol. The van der Waals surface area contributed by atoms with Crippen LogP contribution in [0, 0.1) is 0 Å². The van der Waals surface area contributed by atoms with Gasteiger partial charge in [-0.3, -0.25) is 0 Å². The molecule has 0 fully saturated rings. The molecular formula is C3H5NO2S. The lowest BCUT2D eigenvalue weighted by atomic mass is 10.5. The van der Waals surface area contributed by atoms with Crippen molar-refractivity contribution in [2.75, 3.05) is 0 Å². The number of hydrogen-bond donors (Lipinski definition) is 3. The van der Waals surface area contributed by atoms with Gasteiger partial charge in [0.15, 0.2) is 0 Å². The molecule has 0 amide bonds. The van der Waals surface area contributed by atoms with Crippen LogP contribution < -0.4 is 4.72 Å². The van der Waals surface area contributed by atoms with Crippen LogP contribution in [0.3, 0.4) is 0 Å². The molecule has 3 nitrogen and oxygen atoms in total. The Morgan fingerprint density at radius 1 is 1.57 bits per heavy atom. The number of nitrogens with one attached hydrogen (secondary N) is 1. The van der Waals surface area contributed by atoms with Gasteiger partial charge in [-0.2, -0.15) is 0 Å². The summed E-state index contributed by atoms with van der Waals surface area (Å²) in [5.74, 6) is -1.77. The highest BCUT2D eigenvalue weighted by Gasteiger charge is 2.21. The molecule has 0 bridgehead atoms. The van der Waals surface area contributed by atoms with Gasteiger partial charge in [0.1, 0.15) is 0 Å². The Morgan fingerprint density at radius 3 is 2.43 bits per heavy atom. The molecule has 40 valence electrons. The van der Waals surface area contributed by atoms with E-state index in [4.69, 9.17) is 10.2 Å². The van der Waals surface area contributed by atoms with E-state index < -0.39 is 5.91 Å². The smallest absolute Gasteiger partial charge is 0.253 e. The second-order valence-corrected chi connectivity index (χ2v) is 1.96. The van der Waals surface area contributed by atoms with Crippen molar-refractivity contribution in [3.63, 3.8) is 0 Å². The van der Waals surface area contributed by atoms with E-state index in [2.05, 4.69) is 4.72 Å². The number of aliphatic hydroxyl groups is 2. The fourth-order valence-corrected chi connectivity index (χ4v) is 0.851. The summed E-state index contributed by atoms with van der Waals surface area (Å²) in [6.07, 6.45) is 1.26. The van der Waals surface area contributed by atoms with Gasteiger partial charge in [0.2, 0.25) is 0 Å². The first-order valence-corrected chi connectivity index (χ1v) is 2.64. The maximum atomic E-state index is 8.53. The summed E-state index contributed by atoms with van der Waals surface area (Å²) < 4.78 is 2.31. The summed E-state index contributed by atoms with van der Waals surface area (Å²) in [6, 6.07) is 0. The first-order valence-electron chi connectivity index (χ1n) is 1.76. The SMILES string of the molecule is OC1(O)C=CSN1. The van der Waals surface area contributed by atoms with Crippen LogP contribution in [0.5, 0.6) is 0 Å². The lowest BCUT2D eigenvalue weighted by Gasteiger charge is -2.09. The van der Waals surface area contributed by atoms with Gasteiger partial charge in [-0.1, -0.05) is 0 Å². The van der Waals surface area contributed by atoms with Crippen molar-refractivity contribution in [2.45, 2.75) is 5.91 Å². The van der Waals surface area contributed by atoms with Crippen molar-refractivity contribution < 1.29 is 10.2 Å².